The van der Waals surface area contributed by atoms with Crippen LogP contribution in [0.1, 0.15) is 11.1 Å². The maximum absolute atomic E-state index is 3.58. The molecule has 0 radical (unpaired) electrons. The van der Waals surface area contributed by atoms with Crippen LogP contribution in [0.5, 0.6) is 0 Å². The number of rotatable bonds is 1. The van der Waals surface area contributed by atoms with Crippen molar-refractivity contribution in [2.45, 2.75) is 13.8 Å². The van der Waals surface area contributed by atoms with Gasteiger partial charge in [-0.3, -0.25) is 0 Å². The van der Waals surface area contributed by atoms with Crippen molar-refractivity contribution in [3.63, 3.8) is 0 Å². The van der Waals surface area contributed by atoms with Crippen LogP contribution in [0.25, 0.3) is 22.2 Å². The van der Waals surface area contributed by atoms with E-state index < -0.39 is 0 Å². The average molecular weight is 300 g/mol. The van der Waals surface area contributed by atoms with Crippen LogP contribution in [0.2, 0.25) is 0 Å². The Bertz CT molecular complexity index is 725. The van der Waals surface area contributed by atoms with Crippen LogP contribution in [-0.4, -0.2) is 4.98 Å². The van der Waals surface area contributed by atoms with Crippen molar-refractivity contribution in [1.29, 1.82) is 0 Å². The third kappa shape index (κ3) is 1.87. The Hall–Kier alpha value is -1.54. The van der Waals surface area contributed by atoms with E-state index in [4.69, 9.17) is 0 Å². The molecule has 0 saturated heterocycles. The van der Waals surface area contributed by atoms with Gasteiger partial charge >= 0.3 is 0 Å². The number of aromatic amines is 1. The van der Waals surface area contributed by atoms with E-state index >= 15 is 0 Å². The molecule has 1 N–H and O–H groups in total. The van der Waals surface area contributed by atoms with Gasteiger partial charge in [-0.25, -0.2) is 0 Å². The Labute approximate surface area is 115 Å². The summed E-state index contributed by atoms with van der Waals surface area (Å²) in [4.78, 5) is 3.48. The summed E-state index contributed by atoms with van der Waals surface area (Å²) < 4.78 is 1.11. The molecule has 2 aromatic carbocycles. The molecule has 1 nitrogen and oxygen atoms in total. The number of aryl methyl sites for hydroxylation is 2. The molecule has 3 rings (SSSR count). The summed E-state index contributed by atoms with van der Waals surface area (Å²) in [6, 6.07) is 15.0. The van der Waals surface area contributed by atoms with E-state index in [0.717, 1.165) is 9.99 Å². The summed E-state index contributed by atoms with van der Waals surface area (Å²) in [7, 11) is 0. The van der Waals surface area contributed by atoms with E-state index in [9.17, 15) is 0 Å². The number of H-pyrrole nitrogens is 1. The molecule has 0 atom stereocenters. The lowest BCUT2D eigenvalue weighted by Gasteiger charge is -2.03. The van der Waals surface area contributed by atoms with Gasteiger partial charge in [0, 0.05) is 15.6 Å². The second-order valence-electron chi connectivity index (χ2n) is 4.69. The molecule has 0 aliphatic rings. The molecule has 0 fully saturated rings. The monoisotopic (exact) mass is 299 g/mol. The van der Waals surface area contributed by atoms with Crippen LogP contribution < -0.4 is 0 Å². The van der Waals surface area contributed by atoms with Gasteiger partial charge in [0.2, 0.25) is 0 Å². The number of halogens is 1. The number of nitrogens with one attached hydrogen (secondary N) is 1. The highest BCUT2D eigenvalue weighted by Crippen LogP contribution is 2.29. The molecular weight excluding hydrogens is 286 g/mol. The molecule has 3 aromatic rings. The minimum absolute atomic E-state index is 1.11. The fourth-order valence-electron chi connectivity index (χ4n) is 2.18. The average Bonchev–Trinajstić information content (AvgIpc) is 2.78. The molecular formula is C16H14BrN. The van der Waals surface area contributed by atoms with Gasteiger partial charge in [-0.15, -0.1) is 0 Å². The lowest BCUT2D eigenvalue weighted by Crippen LogP contribution is -1.83. The Morgan fingerprint density at radius 3 is 2.50 bits per heavy atom. The maximum atomic E-state index is 3.58. The third-order valence-electron chi connectivity index (χ3n) is 3.42. The number of aromatic nitrogens is 1. The molecule has 0 aliphatic heterocycles. The summed E-state index contributed by atoms with van der Waals surface area (Å²) in [5, 5.41) is 1.23. The van der Waals surface area contributed by atoms with E-state index in [1.54, 1.807) is 0 Å². The molecule has 0 unspecified atom stereocenters. The van der Waals surface area contributed by atoms with Gasteiger partial charge in [-0.1, -0.05) is 24.3 Å². The molecule has 0 amide bonds. The van der Waals surface area contributed by atoms with Gasteiger partial charge in [0.1, 0.15) is 0 Å². The first-order valence-electron chi connectivity index (χ1n) is 6.00. The highest BCUT2D eigenvalue weighted by molar-refractivity contribution is 9.10. The zero-order valence-electron chi connectivity index (χ0n) is 10.4. The lowest BCUT2D eigenvalue weighted by molar-refractivity contribution is 1.33. The molecule has 18 heavy (non-hydrogen) atoms. The van der Waals surface area contributed by atoms with Crippen molar-refractivity contribution in [3.8, 4) is 11.3 Å². The Morgan fingerprint density at radius 1 is 0.944 bits per heavy atom. The summed E-state index contributed by atoms with van der Waals surface area (Å²) in [6.07, 6.45) is 0. The summed E-state index contributed by atoms with van der Waals surface area (Å²) in [6.45, 7) is 4.29. The van der Waals surface area contributed by atoms with E-state index in [-0.39, 0.29) is 0 Å². The van der Waals surface area contributed by atoms with Crippen molar-refractivity contribution in [2.24, 2.45) is 0 Å². The van der Waals surface area contributed by atoms with Crippen molar-refractivity contribution < 1.29 is 0 Å². The van der Waals surface area contributed by atoms with Gasteiger partial charge in [-0.2, -0.15) is 0 Å². The van der Waals surface area contributed by atoms with Crippen LogP contribution in [0.4, 0.5) is 0 Å². The first kappa shape index (κ1) is 11.5. The van der Waals surface area contributed by atoms with Crippen LogP contribution >= 0.6 is 15.9 Å². The number of benzene rings is 2. The lowest BCUT2D eigenvalue weighted by atomic mass is 10.0. The third-order valence-corrected chi connectivity index (χ3v) is 4.08. The van der Waals surface area contributed by atoms with Gasteiger partial charge in [0.15, 0.2) is 0 Å². The smallest absolute Gasteiger partial charge is 0.0603 e. The Balaban J connectivity index is 2.19. The molecule has 0 spiro atoms. The molecule has 90 valence electrons. The van der Waals surface area contributed by atoms with Gasteiger partial charge in [0.05, 0.1) is 5.52 Å². The molecule has 0 bridgehead atoms. The fraction of sp³-hybridized carbons (Fsp3) is 0.125. The zero-order chi connectivity index (χ0) is 12.7. The number of fused-ring (bicyclic) bond motifs is 1. The van der Waals surface area contributed by atoms with Crippen LogP contribution in [0.15, 0.2) is 46.9 Å². The minimum Gasteiger partial charge on any atom is -0.354 e. The van der Waals surface area contributed by atoms with Crippen LogP contribution in [-0.2, 0) is 0 Å². The number of hydrogen-bond acceptors (Lipinski definition) is 0. The highest BCUT2D eigenvalue weighted by Gasteiger charge is 2.06. The van der Waals surface area contributed by atoms with Gasteiger partial charge in [0.25, 0.3) is 0 Å². The molecule has 1 aromatic heterocycles. The quantitative estimate of drug-likeness (QED) is 0.634. The van der Waals surface area contributed by atoms with Crippen molar-refractivity contribution >= 4 is 26.8 Å². The molecule has 2 heteroatoms. The highest BCUT2D eigenvalue weighted by atomic mass is 79.9. The van der Waals surface area contributed by atoms with E-state index in [2.05, 4.69) is 77.2 Å². The maximum Gasteiger partial charge on any atom is 0.0603 e. The topological polar surface area (TPSA) is 15.8 Å². The van der Waals surface area contributed by atoms with Crippen molar-refractivity contribution in [1.82, 2.24) is 4.98 Å². The standard InChI is InChI=1S/C16H14BrN/c1-10-6-7-12(8-11(10)2)15-9-13-4-3-5-14(17)16(13)18-15/h3-9,18H,1-2H3. The fourth-order valence-corrected chi connectivity index (χ4v) is 2.66. The minimum atomic E-state index is 1.11. The largest absolute Gasteiger partial charge is 0.354 e. The van der Waals surface area contributed by atoms with E-state index in [1.165, 1.54) is 27.8 Å². The first-order valence-corrected chi connectivity index (χ1v) is 6.79. The van der Waals surface area contributed by atoms with E-state index in [1.807, 2.05) is 0 Å². The van der Waals surface area contributed by atoms with Crippen LogP contribution in [0.3, 0.4) is 0 Å². The number of para-hydroxylation sites is 1. The summed E-state index contributed by atoms with van der Waals surface area (Å²) >= 11 is 3.58. The van der Waals surface area contributed by atoms with Gasteiger partial charge < -0.3 is 4.98 Å². The Kier molecular flexibility index (Phi) is 2.75. The van der Waals surface area contributed by atoms with Crippen LogP contribution in [0, 0.1) is 13.8 Å². The zero-order valence-corrected chi connectivity index (χ0v) is 12.0. The molecule has 1 heterocycles. The molecule has 0 saturated carbocycles. The predicted octanol–water partition coefficient (Wildman–Crippen LogP) is 5.21. The second kappa shape index (κ2) is 4.29. The van der Waals surface area contributed by atoms with Gasteiger partial charge in [-0.05, 0) is 64.7 Å². The summed E-state index contributed by atoms with van der Waals surface area (Å²) in [5.74, 6) is 0. The normalized spacial score (nSPS) is 11.1. The predicted molar refractivity (Wildman–Crippen MR) is 80.9 cm³/mol. The molecule has 0 aliphatic carbocycles. The second-order valence-corrected chi connectivity index (χ2v) is 5.54. The van der Waals surface area contributed by atoms with Crippen molar-refractivity contribution in [2.75, 3.05) is 0 Å². The summed E-state index contributed by atoms with van der Waals surface area (Å²) in [5.41, 5.74) is 6.22. The Morgan fingerprint density at radius 2 is 1.78 bits per heavy atom. The van der Waals surface area contributed by atoms with E-state index in [0.29, 0.717) is 0 Å². The van der Waals surface area contributed by atoms with Crippen molar-refractivity contribution in [3.05, 3.63) is 58.1 Å². The SMILES string of the molecule is Cc1ccc(-c2cc3cccc(Br)c3[nH]2)cc1C. The number of hydrogen-bond donors (Lipinski definition) is 1. The first-order chi connectivity index (χ1) is 8.65.